The highest BCUT2D eigenvalue weighted by molar-refractivity contribution is 9.10. The highest BCUT2D eigenvalue weighted by Crippen LogP contribution is 2.20. The van der Waals surface area contributed by atoms with Crippen LogP contribution in [0.2, 0.25) is 0 Å². The summed E-state index contributed by atoms with van der Waals surface area (Å²) in [5.74, 6) is 0. The maximum atomic E-state index is 5.68. The molecule has 0 saturated heterocycles. The first-order valence-corrected chi connectivity index (χ1v) is 4.01. The van der Waals surface area contributed by atoms with Crippen molar-refractivity contribution in [1.82, 2.24) is 0 Å². The molecule has 0 unspecified atom stereocenters. The second kappa shape index (κ2) is 4.75. The first-order valence-electron chi connectivity index (χ1n) is 3.22. The summed E-state index contributed by atoms with van der Waals surface area (Å²) < 4.78 is 1.09. The van der Waals surface area contributed by atoms with E-state index in [2.05, 4.69) is 15.9 Å². The van der Waals surface area contributed by atoms with Crippen molar-refractivity contribution in [2.75, 3.05) is 0 Å². The monoisotopic (exact) mass is 235 g/mol. The van der Waals surface area contributed by atoms with E-state index in [1.165, 1.54) is 0 Å². The van der Waals surface area contributed by atoms with Gasteiger partial charge < -0.3 is 5.73 Å². The van der Waals surface area contributed by atoms with Gasteiger partial charge in [-0.3, -0.25) is 0 Å². The van der Waals surface area contributed by atoms with Gasteiger partial charge >= 0.3 is 0 Å². The summed E-state index contributed by atoms with van der Waals surface area (Å²) in [6.07, 6.45) is 0. The van der Waals surface area contributed by atoms with Crippen molar-refractivity contribution < 1.29 is 0 Å². The molecule has 0 spiro atoms. The van der Waals surface area contributed by atoms with Crippen molar-refractivity contribution in [3.05, 3.63) is 34.3 Å². The average Bonchev–Trinajstić information content (AvgIpc) is 1.88. The highest BCUT2D eigenvalue weighted by Gasteiger charge is 2.01. The molecule has 62 valence electrons. The quantitative estimate of drug-likeness (QED) is 0.797. The van der Waals surface area contributed by atoms with E-state index in [1.54, 1.807) is 0 Å². The first kappa shape index (κ1) is 11.0. The van der Waals surface area contributed by atoms with Crippen molar-refractivity contribution >= 4 is 28.3 Å². The number of hydrogen-bond acceptors (Lipinski definition) is 1. The molecular weight excluding hydrogens is 225 g/mol. The van der Waals surface area contributed by atoms with Crippen LogP contribution in [0.5, 0.6) is 0 Å². The molecule has 0 aromatic heterocycles. The van der Waals surface area contributed by atoms with Crippen molar-refractivity contribution in [1.29, 1.82) is 0 Å². The minimum atomic E-state index is 0. The maximum absolute atomic E-state index is 5.68. The Morgan fingerprint density at radius 3 is 2.27 bits per heavy atom. The molecule has 0 aliphatic carbocycles. The Kier molecular flexibility index (Phi) is 4.73. The summed E-state index contributed by atoms with van der Waals surface area (Å²) in [6, 6.07) is 8.10. The lowest BCUT2D eigenvalue weighted by Gasteiger charge is -2.06. The van der Waals surface area contributed by atoms with Crippen LogP contribution < -0.4 is 5.73 Å². The Morgan fingerprint density at radius 2 is 1.91 bits per heavy atom. The van der Waals surface area contributed by atoms with Crippen LogP contribution in [0.15, 0.2) is 28.7 Å². The SMILES string of the molecule is C[C@@H](N)c1ccccc1Br.Cl. The first-order chi connectivity index (χ1) is 4.72. The van der Waals surface area contributed by atoms with E-state index in [-0.39, 0.29) is 18.4 Å². The topological polar surface area (TPSA) is 26.0 Å². The summed E-state index contributed by atoms with van der Waals surface area (Å²) >= 11 is 3.42. The van der Waals surface area contributed by atoms with E-state index in [4.69, 9.17) is 5.73 Å². The zero-order valence-corrected chi connectivity index (χ0v) is 8.65. The lowest BCUT2D eigenvalue weighted by atomic mass is 10.1. The molecule has 1 aromatic carbocycles. The summed E-state index contributed by atoms with van der Waals surface area (Å²) in [7, 11) is 0. The fourth-order valence-electron chi connectivity index (χ4n) is 0.844. The molecule has 0 aliphatic rings. The van der Waals surface area contributed by atoms with Crippen LogP contribution in [-0.4, -0.2) is 0 Å². The van der Waals surface area contributed by atoms with E-state index < -0.39 is 0 Å². The summed E-state index contributed by atoms with van der Waals surface area (Å²) in [5.41, 5.74) is 6.84. The minimum Gasteiger partial charge on any atom is -0.324 e. The molecule has 0 saturated carbocycles. The number of rotatable bonds is 1. The molecule has 1 rings (SSSR count). The Morgan fingerprint density at radius 1 is 1.36 bits per heavy atom. The Bertz CT molecular complexity index is 225. The van der Waals surface area contributed by atoms with E-state index in [9.17, 15) is 0 Å². The lowest BCUT2D eigenvalue weighted by Crippen LogP contribution is -2.05. The van der Waals surface area contributed by atoms with Crippen LogP contribution in [0.25, 0.3) is 0 Å². The predicted molar refractivity (Wildman–Crippen MR) is 54.0 cm³/mol. The van der Waals surface area contributed by atoms with Crippen molar-refractivity contribution in [3.8, 4) is 0 Å². The van der Waals surface area contributed by atoms with Gasteiger partial charge in [0.1, 0.15) is 0 Å². The zero-order chi connectivity index (χ0) is 7.56. The zero-order valence-electron chi connectivity index (χ0n) is 6.25. The van der Waals surface area contributed by atoms with Crippen LogP contribution in [-0.2, 0) is 0 Å². The second-order valence-electron chi connectivity index (χ2n) is 2.31. The van der Waals surface area contributed by atoms with Gasteiger partial charge in [-0.25, -0.2) is 0 Å². The molecule has 0 bridgehead atoms. The third-order valence-electron chi connectivity index (χ3n) is 1.40. The molecule has 2 N–H and O–H groups in total. The van der Waals surface area contributed by atoms with Gasteiger partial charge in [-0.15, -0.1) is 12.4 Å². The van der Waals surface area contributed by atoms with Gasteiger partial charge in [0.2, 0.25) is 0 Å². The molecule has 0 amide bonds. The van der Waals surface area contributed by atoms with Crippen LogP contribution in [0.1, 0.15) is 18.5 Å². The second-order valence-corrected chi connectivity index (χ2v) is 3.16. The van der Waals surface area contributed by atoms with Crippen LogP contribution in [0.3, 0.4) is 0 Å². The molecule has 11 heavy (non-hydrogen) atoms. The van der Waals surface area contributed by atoms with Crippen molar-refractivity contribution in [2.24, 2.45) is 5.73 Å². The standard InChI is InChI=1S/C8H10BrN.ClH/c1-6(10)7-4-2-3-5-8(7)9;/h2-6H,10H2,1H3;1H/t6-;/m1./s1. The molecule has 0 heterocycles. The maximum Gasteiger partial charge on any atom is 0.0277 e. The van der Waals surface area contributed by atoms with Gasteiger partial charge in [0, 0.05) is 10.5 Å². The van der Waals surface area contributed by atoms with Crippen molar-refractivity contribution in [3.63, 3.8) is 0 Å². The molecule has 1 nitrogen and oxygen atoms in total. The number of halogens is 2. The Balaban J connectivity index is 0.000001000. The fourth-order valence-corrected chi connectivity index (χ4v) is 1.49. The number of nitrogens with two attached hydrogens (primary N) is 1. The lowest BCUT2D eigenvalue weighted by molar-refractivity contribution is 0.813. The average molecular weight is 237 g/mol. The molecule has 0 radical (unpaired) electrons. The predicted octanol–water partition coefficient (Wildman–Crippen LogP) is 2.89. The van der Waals surface area contributed by atoms with Crippen LogP contribution in [0.4, 0.5) is 0 Å². The smallest absolute Gasteiger partial charge is 0.0277 e. The van der Waals surface area contributed by atoms with Gasteiger partial charge in [-0.05, 0) is 18.6 Å². The summed E-state index contributed by atoms with van der Waals surface area (Å²) in [4.78, 5) is 0. The largest absolute Gasteiger partial charge is 0.324 e. The molecule has 0 aliphatic heterocycles. The Labute approximate surface area is 81.5 Å². The van der Waals surface area contributed by atoms with Crippen molar-refractivity contribution in [2.45, 2.75) is 13.0 Å². The molecular formula is C8H11BrClN. The van der Waals surface area contributed by atoms with E-state index >= 15 is 0 Å². The Hall–Kier alpha value is -0.0500. The summed E-state index contributed by atoms with van der Waals surface area (Å²) in [5, 5.41) is 0. The van der Waals surface area contributed by atoms with E-state index in [0.29, 0.717) is 0 Å². The summed E-state index contributed by atoms with van der Waals surface area (Å²) in [6.45, 7) is 1.97. The molecule has 3 heteroatoms. The van der Waals surface area contributed by atoms with Gasteiger partial charge in [0.15, 0.2) is 0 Å². The number of hydrogen-bond donors (Lipinski definition) is 1. The van der Waals surface area contributed by atoms with E-state index in [0.717, 1.165) is 10.0 Å². The molecule has 1 atom stereocenters. The van der Waals surface area contributed by atoms with Crippen LogP contribution in [0, 0.1) is 0 Å². The van der Waals surface area contributed by atoms with Gasteiger partial charge in [-0.1, -0.05) is 34.1 Å². The fraction of sp³-hybridized carbons (Fsp3) is 0.250. The highest BCUT2D eigenvalue weighted by atomic mass is 79.9. The minimum absolute atomic E-state index is 0. The van der Waals surface area contributed by atoms with Gasteiger partial charge in [0.25, 0.3) is 0 Å². The third-order valence-corrected chi connectivity index (χ3v) is 2.12. The van der Waals surface area contributed by atoms with E-state index in [1.807, 2.05) is 31.2 Å². The van der Waals surface area contributed by atoms with Crippen LogP contribution >= 0.6 is 28.3 Å². The normalized spacial score (nSPS) is 11.9. The van der Waals surface area contributed by atoms with Gasteiger partial charge in [-0.2, -0.15) is 0 Å². The molecule has 0 fully saturated rings. The molecule has 1 aromatic rings. The van der Waals surface area contributed by atoms with Gasteiger partial charge in [0.05, 0.1) is 0 Å². The third kappa shape index (κ3) is 2.81. The number of benzene rings is 1.